The SMILES string of the molecule is Cc1c(C(=O)N2CCCC2)ccc(C(N)=O)c1[C@@H](COC(F)F)c1nc2ccc(Cl)cc2[nH]1. The smallest absolute Gasteiger partial charge is 0.345 e. The van der Waals surface area contributed by atoms with Gasteiger partial charge in [-0.1, -0.05) is 11.6 Å². The van der Waals surface area contributed by atoms with Crippen LogP contribution in [0.4, 0.5) is 8.78 Å². The third-order valence-electron chi connectivity index (χ3n) is 5.93. The summed E-state index contributed by atoms with van der Waals surface area (Å²) in [5, 5.41) is 0.477. The van der Waals surface area contributed by atoms with E-state index in [-0.39, 0.29) is 11.5 Å². The molecule has 1 aromatic heterocycles. The summed E-state index contributed by atoms with van der Waals surface area (Å²) in [6, 6.07) is 8.03. The number of aromatic nitrogens is 2. The minimum absolute atomic E-state index is 0.117. The van der Waals surface area contributed by atoms with E-state index >= 15 is 0 Å². The van der Waals surface area contributed by atoms with Crippen LogP contribution in [0.5, 0.6) is 0 Å². The molecule has 33 heavy (non-hydrogen) atoms. The highest BCUT2D eigenvalue weighted by Crippen LogP contribution is 2.33. The van der Waals surface area contributed by atoms with Gasteiger partial charge in [-0.15, -0.1) is 0 Å². The molecule has 7 nitrogen and oxygen atoms in total. The molecule has 0 aliphatic carbocycles. The molecule has 1 aliphatic rings. The van der Waals surface area contributed by atoms with Gasteiger partial charge in [0.25, 0.3) is 5.91 Å². The zero-order valence-corrected chi connectivity index (χ0v) is 18.7. The number of nitrogens with two attached hydrogens (primary N) is 1. The summed E-state index contributed by atoms with van der Waals surface area (Å²) in [7, 11) is 0. The Labute approximate surface area is 193 Å². The van der Waals surface area contributed by atoms with Crippen LogP contribution in [0.1, 0.15) is 56.4 Å². The summed E-state index contributed by atoms with van der Waals surface area (Å²) in [6.45, 7) is -0.535. The molecule has 174 valence electrons. The van der Waals surface area contributed by atoms with Crippen molar-refractivity contribution in [3.05, 3.63) is 63.4 Å². The highest BCUT2D eigenvalue weighted by molar-refractivity contribution is 6.31. The molecule has 2 heterocycles. The van der Waals surface area contributed by atoms with Gasteiger partial charge >= 0.3 is 6.61 Å². The molecule has 0 bridgehead atoms. The fourth-order valence-corrected chi connectivity index (χ4v) is 4.52. The first-order valence-corrected chi connectivity index (χ1v) is 10.9. The van der Waals surface area contributed by atoms with Crippen LogP contribution in [0, 0.1) is 6.92 Å². The van der Waals surface area contributed by atoms with Crippen LogP contribution in [-0.2, 0) is 4.74 Å². The van der Waals surface area contributed by atoms with Gasteiger partial charge in [-0.25, -0.2) is 4.98 Å². The molecule has 0 unspecified atom stereocenters. The predicted molar refractivity (Wildman–Crippen MR) is 120 cm³/mol. The lowest BCUT2D eigenvalue weighted by molar-refractivity contribution is -0.130. The number of likely N-dealkylation sites (tertiary alicyclic amines) is 1. The molecule has 0 saturated carbocycles. The highest BCUT2D eigenvalue weighted by atomic mass is 35.5. The van der Waals surface area contributed by atoms with Crippen molar-refractivity contribution in [1.82, 2.24) is 14.9 Å². The predicted octanol–water partition coefficient (Wildman–Crippen LogP) is 4.23. The van der Waals surface area contributed by atoms with Gasteiger partial charge in [0.05, 0.1) is 23.6 Å². The first kappa shape index (κ1) is 23.1. The van der Waals surface area contributed by atoms with Crippen molar-refractivity contribution in [2.45, 2.75) is 32.3 Å². The van der Waals surface area contributed by atoms with Gasteiger partial charge < -0.3 is 20.4 Å². The van der Waals surface area contributed by atoms with E-state index in [1.807, 2.05) is 0 Å². The van der Waals surface area contributed by atoms with Crippen molar-refractivity contribution < 1.29 is 23.1 Å². The first-order chi connectivity index (χ1) is 15.8. The number of aromatic amines is 1. The van der Waals surface area contributed by atoms with E-state index in [1.165, 1.54) is 6.07 Å². The molecule has 0 spiro atoms. The highest BCUT2D eigenvalue weighted by Gasteiger charge is 2.30. The minimum atomic E-state index is -3.03. The Balaban J connectivity index is 1.87. The molecule has 2 aromatic carbocycles. The van der Waals surface area contributed by atoms with Gasteiger partial charge in [-0.2, -0.15) is 8.78 Å². The summed E-state index contributed by atoms with van der Waals surface area (Å²) in [4.78, 5) is 34.8. The molecular weight excluding hydrogens is 454 g/mol. The fraction of sp³-hybridized carbons (Fsp3) is 0.348. The summed E-state index contributed by atoms with van der Waals surface area (Å²) in [5.41, 5.74) is 8.11. The van der Waals surface area contributed by atoms with Crippen molar-refractivity contribution in [3.63, 3.8) is 0 Å². The molecule has 3 N–H and O–H groups in total. The Hall–Kier alpha value is -3.04. The van der Waals surface area contributed by atoms with E-state index in [4.69, 9.17) is 17.3 Å². The lowest BCUT2D eigenvalue weighted by Gasteiger charge is -2.23. The number of benzene rings is 2. The number of nitrogens with one attached hydrogen (secondary N) is 1. The maximum atomic E-state index is 13.1. The topological polar surface area (TPSA) is 101 Å². The fourth-order valence-electron chi connectivity index (χ4n) is 4.35. The molecule has 1 saturated heterocycles. The van der Waals surface area contributed by atoms with Crippen molar-refractivity contribution >= 4 is 34.4 Å². The van der Waals surface area contributed by atoms with E-state index in [1.54, 1.807) is 36.1 Å². The number of alkyl halides is 2. The van der Waals surface area contributed by atoms with Gasteiger partial charge in [0.1, 0.15) is 5.82 Å². The number of H-pyrrole nitrogens is 1. The number of carbonyl (C=O) groups is 2. The lowest BCUT2D eigenvalue weighted by atomic mass is 9.86. The molecule has 2 amide bonds. The van der Waals surface area contributed by atoms with E-state index in [0.717, 1.165) is 12.8 Å². The number of imidazole rings is 1. The molecule has 10 heteroatoms. The number of fused-ring (bicyclic) bond motifs is 1. The Morgan fingerprint density at radius 2 is 1.91 bits per heavy atom. The number of ether oxygens (including phenoxy) is 1. The largest absolute Gasteiger partial charge is 0.366 e. The zero-order chi connectivity index (χ0) is 23.7. The van der Waals surface area contributed by atoms with Crippen molar-refractivity contribution in [3.8, 4) is 0 Å². The van der Waals surface area contributed by atoms with Gasteiger partial charge in [0.2, 0.25) is 5.91 Å². The average Bonchev–Trinajstić information content (AvgIpc) is 3.43. The van der Waals surface area contributed by atoms with Crippen molar-refractivity contribution in [2.24, 2.45) is 5.73 Å². The Bertz CT molecular complexity index is 1210. The summed E-state index contributed by atoms with van der Waals surface area (Å²) >= 11 is 6.06. The van der Waals surface area contributed by atoms with Crippen LogP contribution < -0.4 is 5.73 Å². The number of hydrogen-bond acceptors (Lipinski definition) is 4. The van der Waals surface area contributed by atoms with Crippen LogP contribution in [0.15, 0.2) is 30.3 Å². The number of nitrogens with zero attached hydrogens (tertiary/aromatic N) is 2. The van der Waals surface area contributed by atoms with E-state index < -0.39 is 25.0 Å². The molecule has 1 fully saturated rings. The standard InChI is InChI=1S/C23H23ClF2N4O3/c1-12-14(22(32)30-8-2-3-9-30)5-6-15(20(27)31)19(12)16(11-33-23(25)26)21-28-17-7-4-13(24)10-18(17)29-21/h4-7,10,16,23H,2-3,8-9,11H2,1H3,(H2,27,31)(H,28,29)/t16-/m1/s1. The third-order valence-corrected chi connectivity index (χ3v) is 6.17. The van der Waals surface area contributed by atoms with Crippen LogP contribution in [0.25, 0.3) is 11.0 Å². The summed E-state index contributed by atoms with van der Waals surface area (Å²) < 4.78 is 30.7. The van der Waals surface area contributed by atoms with Gasteiger partial charge in [0, 0.05) is 29.2 Å². The van der Waals surface area contributed by atoms with Crippen molar-refractivity contribution in [1.29, 1.82) is 0 Å². The third kappa shape index (κ3) is 4.69. The number of primary amides is 1. The number of carbonyl (C=O) groups excluding carboxylic acids is 2. The Morgan fingerprint density at radius 1 is 1.21 bits per heavy atom. The summed E-state index contributed by atoms with van der Waals surface area (Å²) in [5.74, 6) is -1.52. The normalized spacial score (nSPS) is 14.9. The molecule has 0 radical (unpaired) electrons. The van der Waals surface area contributed by atoms with Crippen LogP contribution in [-0.4, -0.2) is 53.0 Å². The van der Waals surface area contributed by atoms with E-state index in [2.05, 4.69) is 14.7 Å². The lowest BCUT2D eigenvalue weighted by Crippen LogP contribution is -2.29. The maximum absolute atomic E-state index is 13.1. The minimum Gasteiger partial charge on any atom is -0.366 e. The maximum Gasteiger partial charge on any atom is 0.345 e. The second-order valence-electron chi connectivity index (χ2n) is 7.99. The second-order valence-corrected chi connectivity index (χ2v) is 8.43. The number of rotatable bonds is 7. The molecule has 4 rings (SSSR count). The van der Waals surface area contributed by atoms with Crippen LogP contribution in [0.2, 0.25) is 5.02 Å². The Kier molecular flexibility index (Phi) is 6.62. The Morgan fingerprint density at radius 3 is 2.58 bits per heavy atom. The number of amides is 2. The van der Waals surface area contributed by atoms with Crippen LogP contribution >= 0.6 is 11.6 Å². The van der Waals surface area contributed by atoms with Gasteiger partial charge in [-0.3, -0.25) is 9.59 Å². The molecule has 1 aliphatic heterocycles. The van der Waals surface area contributed by atoms with Gasteiger partial charge in [-0.05, 0) is 61.2 Å². The average molecular weight is 477 g/mol. The quantitative estimate of drug-likeness (QED) is 0.532. The number of halogens is 3. The van der Waals surface area contributed by atoms with Crippen molar-refractivity contribution in [2.75, 3.05) is 19.7 Å². The van der Waals surface area contributed by atoms with E-state index in [0.29, 0.717) is 51.7 Å². The molecule has 3 aromatic rings. The van der Waals surface area contributed by atoms with Gasteiger partial charge in [0.15, 0.2) is 0 Å². The molecular formula is C23H23ClF2N4O3. The monoisotopic (exact) mass is 476 g/mol. The molecule has 1 atom stereocenters. The second kappa shape index (κ2) is 9.44. The zero-order valence-electron chi connectivity index (χ0n) is 17.9. The summed E-state index contributed by atoms with van der Waals surface area (Å²) in [6.07, 6.45) is 1.84. The first-order valence-electron chi connectivity index (χ1n) is 10.5. The number of hydrogen-bond donors (Lipinski definition) is 2. The van der Waals surface area contributed by atoms with Crippen LogP contribution in [0.3, 0.4) is 0 Å². The van der Waals surface area contributed by atoms with E-state index in [9.17, 15) is 18.4 Å².